The zero-order chi connectivity index (χ0) is 14.4. The van der Waals surface area contributed by atoms with Crippen LogP contribution in [-0.2, 0) is 6.54 Å². The summed E-state index contributed by atoms with van der Waals surface area (Å²) in [6.45, 7) is 1.25. The number of nitrogens with one attached hydrogen (secondary N) is 2. The van der Waals surface area contributed by atoms with Gasteiger partial charge in [-0.2, -0.15) is 5.10 Å². The fourth-order valence-corrected chi connectivity index (χ4v) is 1.83. The molecule has 0 fully saturated rings. The summed E-state index contributed by atoms with van der Waals surface area (Å²) in [7, 11) is 0. The smallest absolute Gasteiger partial charge is 0.271 e. The Balaban J connectivity index is 1.85. The number of hydrogen-bond donors (Lipinski definition) is 3. The van der Waals surface area contributed by atoms with Gasteiger partial charge in [0.05, 0.1) is 5.02 Å². The molecule has 0 radical (unpaired) electrons. The lowest BCUT2D eigenvalue weighted by Crippen LogP contribution is -2.27. The van der Waals surface area contributed by atoms with E-state index in [1.165, 1.54) is 0 Å². The normalized spacial score (nSPS) is 10.3. The lowest BCUT2D eigenvalue weighted by atomic mass is 10.3. The fourth-order valence-electron chi connectivity index (χ4n) is 1.64. The van der Waals surface area contributed by atoms with E-state index in [9.17, 15) is 4.79 Å². The van der Waals surface area contributed by atoms with E-state index >= 15 is 0 Å². The minimum absolute atomic E-state index is 0.154. The Bertz CT molecular complexity index is 571. The van der Waals surface area contributed by atoms with Crippen molar-refractivity contribution in [2.75, 3.05) is 12.0 Å². The SMILES string of the molecule is NNc1ccc(Cl)c(C(=O)NCCCn2cccn2)n1. The van der Waals surface area contributed by atoms with Crippen LogP contribution in [0.15, 0.2) is 30.6 Å². The van der Waals surface area contributed by atoms with Gasteiger partial charge in [0.1, 0.15) is 11.5 Å². The van der Waals surface area contributed by atoms with Crippen LogP contribution in [0.2, 0.25) is 5.02 Å². The number of anilines is 1. The molecule has 2 heterocycles. The van der Waals surface area contributed by atoms with Gasteiger partial charge in [-0.3, -0.25) is 9.48 Å². The lowest BCUT2D eigenvalue weighted by molar-refractivity contribution is 0.0948. The van der Waals surface area contributed by atoms with E-state index in [2.05, 4.69) is 20.8 Å². The van der Waals surface area contributed by atoms with Crippen LogP contribution in [0, 0.1) is 0 Å². The van der Waals surface area contributed by atoms with E-state index in [1.54, 1.807) is 23.0 Å². The summed E-state index contributed by atoms with van der Waals surface area (Å²) < 4.78 is 1.80. The Morgan fingerprint density at radius 2 is 2.30 bits per heavy atom. The second-order valence-electron chi connectivity index (χ2n) is 4.05. The maximum Gasteiger partial charge on any atom is 0.271 e. The number of pyridine rings is 1. The first kappa shape index (κ1) is 14.3. The number of carbonyl (C=O) groups is 1. The molecule has 2 aromatic heterocycles. The number of aromatic nitrogens is 3. The van der Waals surface area contributed by atoms with Gasteiger partial charge >= 0.3 is 0 Å². The monoisotopic (exact) mass is 294 g/mol. The van der Waals surface area contributed by atoms with Crippen molar-refractivity contribution in [2.45, 2.75) is 13.0 Å². The van der Waals surface area contributed by atoms with Gasteiger partial charge in [0.15, 0.2) is 0 Å². The van der Waals surface area contributed by atoms with Crippen LogP contribution in [0.3, 0.4) is 0 Å². The average Bonchev–Trinajstić information content (AvgIpc) is 2.97. The topological polar surface area (TPSA) is 97.9 Å². The van der Waals surface area contributed by atoms with Crippen LogP contribution in [0.5, 0.6) is 0 Å². The molecular weight excluding hydrogens is 280 g/mol. The van der Waals surface area contributed by atoms with E-state index in [-0.39, 0.29) is 16.6 Å². The van der Waals surface area contributed by atoms with Gasteiger partial charge in [-0.1, -0.05) is 11.6 Å². The Labute approximate surface area is 121 Å². The molecule has 0 bridgehead atoms. The maximum atomic E-state index is 11.9. The van der Waals surface area contributed by atoms with Crippen LogP contribution in [0.4, 0.5) is 5.82 Å². The summed E-state index contributed by atoms with van der Waals surface area (Å²) in [5, 5.41) is 7.12. The molecule has 0 aliphatic carbocycles. The zero-order valence-electron chi connectivity index (χ0n) is 10.7. The van der Waals surface area contributed by atoms with Crippen molar-refractivity contribution < 1.29 is 4.79 Å². The number of nitrogen functional groups attached to an aromatic ring is 1. The zero-order valence-corrected chi connectivity index (χ0v) is 11.5. The molecule has 0 saturated carbocycles. The summed E-state index contributed by atoms with van der Waals surface area (Å²) in [6, 6.07) is 5.02. The first-order valence-corrected chi connectivity index (χ1v) is 6.47. The van der Waals surface area contributed by atoms with Gasteiger partial charge in [0, 0.05) is 25.5 Å². The second kappa shape index (κ2) is 6.88. The Hall–Kier alpha value is -2.12. The van der Waals surface area contributed by atoms with Crippen LogP contribution >= 0.6 is 11.6 Å². The highest BCUT2D eigenvalue weighted by atomic mass is 35.5. The molecule has 0 spiro atoms. The highest BCUT2D eigenvalue weighted by molar-refractivity contribution is 6.33. The lowest BCUT2D eigenvalue weighted by Gasteiger charge is -2.07. The predicted octanol–water partition coefficient (Wildman–Crippen LogP) is 1.04. The molecule has 0 aliphatic rings. The fraction of sp³-hybridized carbons (Fsp3) is 0.250. The highest BCUT2D eigenvalue weighted by Gasteiger charge is 2.12. The summed E-state index contributed by atoms with van der Waals surface area (Å²) in [5.74, 6) is 5.31. The highest BCUT2D eigenvalue weighted by Crippen LogP contribution is 2.15. The van der Waals surface area contributed by atoms with Crippen LogP contribution in [0.25, 0.3) is 0 Å². The van der Waals surface area contributed by atoms with E-state index in [0.29, 0.717) is 12.4 Å². The minimum atomic E-state index is -0.326. The number of hydrazine groups is 1. The van der Waals surface area contributed by atoms with Gasteiger partial charge in [0.25, 0.3) is 5.91 Å². The molecule has 2 rings (SSSR count). The van der Waals surface area contributed by atoms with E-state index in [1.807, 2.05) is 12.3 Å². The summed E-state index contributed by atoms with van der Waals surface area (Å²) in [6.07, 6.45) is 4.35. The number of aryl methyl sites for hydroxylation is 1. The standard InChI is InChI=1S/C12H15ClN6O/c13-9-3-4-10(18-14)17-11(9)12(20)15-5-1-7-19-8-2-6-16-19/h2-4,6,8H,1,5,7,14H2,(H,15,20)(H,17,18). The third kappa shape index (κ3) is 3.69. The van der Waals surface area contributed by atoms with Gasteiger partial charge in [-0.15, -0.1) is 0 Å². The van der Waals surface area contributed by atoms with Crippen molar-refractivity contribution in [3.8, 4) is 0 Å². The van der Waals surface area contributed by atoms with Gasteiger partial charge in [-0.05, 0) is 24.6 Å². The van der Waals surface area contributed by atoms with E-state index in [0.717, 1.165) is 13.0 Å². The van der Waals surface area contributed by atoms with Gasteiger partial charge in [0.2, 0.25) is 0 Å². The summed E-state index contributed by atoms with van der Waals surface area (Å²) in [5.41, 5.74) is 2.53. The number of halogens is 1. The van der Waals surface area contributed by atoms with Crippen molar-refractivity contribution in [3.63, 3.8) is 0 Å². The van der Waals surface area contributed by atoms with Crippen molar-refractivity contribution in [2.24, 2.45) is 5.84 Å². The second-order valence-corrected chi connectivity index (χ2v) is 4.46. The van der Waals surface area contributed by atoms with Crippen molar-refractivity contribution in [1.82, 2.24) is 20.1 Å². The third-order valence-electron chi connectivity index (χ3n) is 2.62. The number of nitrogens with zero attached hydrogens (tertiary/aromatic N) is 3. The number of carbonyl (C=O) groups excluding carboxylic acids is 1. The molecule has 20 heavy (non-hydrogen) atoms. The molecule has 106 valence electrons. The van der Waals surface area contributed by atoms with Gasteiger partial charge in [-0.25, -0.2) is 10.8 Å². The Morgan fingerprint density at radius 3 is 3.00 bits per heavy atom. The number of hydrogen-bond acceptors (Lipinski definition) is 5. The van der Waals surface area contributed by atoms with Crippen molar-refractivity contribution in [3.05, 3.63) is 41.3 Å². The van der Waals surface area contributed by atoms with Crippen LogP contribution in [-0.4, -0.2) is 27.2 Å². The molecular formula is C12H15ClN6O. The minimum Gasteiger partial charge on any atom is -0.351 e. The Morgan fingerprint density at radius 1 is 1.45 bits per heavy atom. The molecule has 0 saturated heterocycles. The summed E-state index contributed by atoms with van der Waals surface area (Å²) in [4.78, 5) is 16.0. The van der Waals surface area contributed by atoms with E-state index < -0.39 is 0 Å². The van der Waals surface area contributed by atoms with Crippen LogP contribution < -0.4 is 16.6 Å². The Kier molecular flexibility index (Phi) is 4.91. The largest absolute Gasteiger partial charge is 0.351 e. The number of amides is 1. The average molecular weight is 295 g/mol. The first-order chi connectivity index (χ1) is 9.70. The van der Waals surface area contributed by atoms with Gasteiger partial charge < -0.3 is 10.7 Å². The maximum absolute atomic E-state index is 11.9. The van der Waals surface area contributed by atoms with Crippen LogP contribution in [0.1, 0.15) is 16.9 Å². The third-order valence-corrected chi connectivity index (χ3v) is 2.92. The first-order valence-electron chi connectivity index (χ1n) is 6.09. The number of nitrogens with two attached hydrogens (primary N) is 1. The molecule has 0 aromatic carbocycles. The summed E-state index contributed by atoms with van der Waals surface area (Å²) >= 11 is 5.94. The molecule has 0 unspecified atom stereocenters. The molecule has 2 aromatic rings. The molecule has 7 nitrogen and oxygen atoms in total. The quantitative estimate of drug-likeness (QED) is 0.420. The molecule has 8 heteroatoms. The molecule has 0 aliphatic heterocycles. The molecule has 1 amide bonds. The van der Waals surface area contributed by atoms with Crippen molar-refractivity contribution in [1.29, 1.82) is 0 Å². The molecule has 4 N–H and O–H groups in total. The predicted molar refractivity (Wildman–Crippen MR) is 76.2 cm³/mol. The number of rotatable bonds is 6. The molecule has 0 atom stereocenters. The van der Waals surface area contributed by atoms with E-state index in [4.69, 9.17) is 17.4 Å². The van der Waals surface area contributed by atoms with Crippen molar-refractivity contribution >= 4 is 23.3 Å².